The Bertz CT molecular complexity index is 1060. The maximum Gasteiger partial charge on any atom is 0.243 e. The van der Waals surface area contributed by atoms with Gasteiger partial charge in [-0.1, -0.05) is 30.3 Å². The van der Waals surface area contributed by atoms with Gasteiger partial charge in [0, 0.05) is 58.7 Å². The van der Waals surface area contributed by atoms with E-state index < -0.39 is 15.8 Å². The van der Waals surface area contributed by atoms with Gasteiger partial charge in [-0.3, -0.25) is 4.90 Å². The first kappa shape index (κ1) is 23.6. The zero-order valence-electron chi connectivity index (χ0n) is 19.6. The first-order valence-electron chi connectivity index (χ1n) is 12.0. The van der Waals surface area contributed by atoms with Crippen LogP contribution < -0.4 is 9.64 Å². The van der Waals surface area contributed by atoms with Gasteiger partial charge in [-0.05, 0) is 24.3 Å². The molecule has 3 aliphatic rings. The normalized spacial score (nSPS) is 23.9. The Labute approximate surface area is 202 Å². The number of benzene rings is 2. The third-order valence-electron chi connectivity index (χ3n) is 7.04. The van der Waals surface area contributed by atoms with Crippen molar-refractivity contribution in [3.63, 3.8) is 0 Å². The Hall–Kier alpha value is -2.17. The zero-order chi connectivity index (χ0) is 23.6. The van der Waals surface area contributed by atoms with E-state index in [4.69, 9.17) is 14.2 Å². The maximum atomic E-state index is 12.9. The molecule has 9 heteroatoms. The smallest absolute Gasteiger partial charge is 0.243 e. The lowest BCUT2D eigenvalue weighted by Crippen LogP contribution is -2.50. The van der Waals surface area contributed by atoms with Crippen molar-refractivity contribution < 1.29 is 22.6 Å². The van der Waals surface area contributed by atoms with Crippen LogP contribution in [0.5, 0.6) is 5.75 Å². The predicted molar refractivity (Wildman–Crippen MR) is 130 cm³/mol. The fraction of sp³-hybridized carbons (Fsp3) is 0.520. The number of ether oxygens (including phenoxy) is 3. The molecule has 1 unspecified atom stereocenters. The summed E-state index contributed by atoms with van der Waals surface area (Å²) in [7, 11) is -1.77. The molecular formula is C25H33N3O5S. The Morgan fingerprint density at radius 3 is 2.32 bits per heavy atom. The summed E-state index contributed by atoms with van der Waals surface area (Å²) in [6, 6.07) is 16.8. The number of piperazine rings is 1. The molecule has 1 atom stereocenters. The molecule has 0 amide bonds. The average Bonchev–Trinajstić information content (AvgIpc) is 3.26. The van der Waals surface area contributed by atoms with E-state index in [1.165, 1.54) is 0 Å². The van der Waals surface area contributed by atoms with Crippen LogP contribution in [-0.4, -0.2) is 89.0 Å². The molecule has 0 saturated carbocycles. The van der Waals surface area contributed by atoms with Crippen LogP contribution in [0.3, 0.4) is 0 Å². The Kier molecular flexibility index (Phi) is 6.81. The van der Waals surface area contributed by atoms with E-state index in [-0.39, 0.29) is 6.10 Å². The molecule has 2 aromatic carbocycles. The highest BCUT2D eigenvalue weighted by Gasteiger charge is 2.46. The number of anilines is 1. The van der Waals surface area contributed by atoms with Crippen molar-refractivity contribution in [2.24, 2.45) is 0 Å². The highest BCUT2D eigenvalue weighted by molar-refractivity contribution is 7.89. The summed E-state index contributed by atoms with van der Waals surface area (Å²) in [5.74, 6) is 0.248. The molecule has 34 heavy (non-hydrogen) atoms. The fourth-order valence-corrected chi connectivity index (χ4v) is 6.59. The number of piperidine rings is 1. The lowest BCUT2D eigenvalue weighted by Gasteiger charge is -2.39. The molecule has 0 N–H and O–H groups in total. The largest absolute Gasteiger partial charge is 0.495 e. The van der Waals surface area contributed by atoms with E-state index in [2.05, 4.69) is 15.9 Å². The molecule has 184 valence electrons. The molecule has 3 aliphatic heterocycles. The highest BCUT2D eigenvalue weighted by atomic mass is 32.2. The topological polar surface area (TPSA) is 71.5 Å². The SMILES string of the molecule is COc1ccccc1N1CCN(CC2COC3(CCN(S(=O)(=O)c4ccccc4)CC3)O2)CC1. The molecule has 3 heterocycles. The molecule has 2 aromatic rings. The summed E-state index contributed by atoms with van der Waals surface area (Å²) >= 11 is 0. The Morgan fingerprint density at radius 1 is 0.941 bits per heavy atom. The van der Waals surface area contributed by atoms with Crippen LogP contribution >= 0.6 is 0 Å². The number of nitrogens with zero attached hydrogens (tertiary/aromatic N) is 3. The number of sulfonamides is 1. The minimum Gasteiger partial charge on any atom is -0.495 e. The molecule has 8 nitrogen and oxygen atoms in total. The van der Waals surface area contributed by atoms with Crippen molar-refractivity contribution in [2.45, 2.75) is 29.6 Å². The van der Waals surface area contributed by atoms with Crippen molar-refractivity contribution >= 4 is 15.7 Å². The Balaban J connectivity index is 1.11. The second-order valence-corrected chi connectivity index (χ2v) is 11.1. The first-order valence-corrected chi connectivity index (χ1v) is 13.4. The van der Waals surface area contributed by atoms with E-state index in [1.807, 2.05) is 24.3 Å². The number of methoxy groups -OCH3 is 1. The van der Waals surface area contributed by atoms with E-state index >= 15 is 0 Å². The van der Waals surface area contributed by atoms with Crippen molar-refractivity contribution in [3.05, 3.63) is 54.6 Å². The van der Waals surface area contributed by atoms with Gasteiger partial charge in [0.05, 0.1) is 30.4 Å². The third-order valence-corrected chi connectivity index (χ3v) is 8.95. The summed E-state index contributed by atoms with van der Waals surface area (Å²) < 4.78 is 45.4. The lowest BCUT2D eigenvalue weighted by molar-refractivity contribution is -0.190. The van der Waals surface area contributed by atoms with Crippen molar-refractivity contribution in [2.75, 3.05) is 64.4 Å². The van der Waals surface area contributed by atoms with E-state index in [0.717, 1.165) is 44.2 Å². The second-order valence-electron chi connectivity index (χ2n) is 9.14. The van der Waals surface area contributed by atoms with Crippen LogP contribution in [0.2, 0.25) is 0 Å². The van der Waals surface area contributed by atoms with E-state index in [9.17, 15) is 8.42 Å². The molecule has 0 aromatic heterocycles. The van der Waals surface area contributed by atoms with Gasteiger partial charge in [0.25, 0.3) is 0 Å². The fourth-order valence-electron chi connectivity index (χ4n) is 5.13. The quantitative estimate of drug-likeness (QED) is 0.620. The molecule has 0 bridgehead atoms. The van der Waals surface area contributed by atoms with Crippen LogP contribution in [0.15, 0.2) is 59.5 Å². The van der Waals surface area contributed by atoms with Crippen LogP contribution in [0.1, 0.15) is 12.8 Å². The van der Waals surface area contributed by atoms with Gasteiger partial charge >= 0.3 is 0 Å². The maximum absolute atomic E-state index is 12.9. The molecule has 0 radical (unpaired) electrons. The predicted octanol–water partition coefficient (Wildman–Crippen LogP) is 2.41. The van der Waals surface area contributed by atoms with Gasteiger partial charge in [0.1, 0.15) is 5.75 Å². The molecule has 0 aliphatic carbocycles. The third kappa shape index (κ3) is 4.81. The van der Waals surface area contributed by atoms with Gasteiger partial charge in [0.15, 0.2) is 5.79 Å². The highest BCUT2D eigenvalue weighted by Crippen LogP contribution is 2.36. The van der Waals surface area contributed by atoms with E-state index in [1.54, 1.807) is 35.7 Å². The van der Waals surface area contributed by atoms with Crippen molar-refractivity contribution in [1.82, 2.24) is 9.21 Å². The van der Waals surface area contributed by atoms with Gasteiger partial charge in [-0.15, -0.1) is 0 Å². The van der Waals surface area contributed by atoms with Crippen molar-refractivity contribution in [3.8, 4) is 5.75 Å². The van der Waals surface area contributed by atoms with Gasteiger partial charge in [0.2, 0.25) is 10.0 Å². The molecule has 3 fully saturated rings. The van der Waals surface area contributed by atoms with E-state index in [0.29, 0.717) is 37.4 Å². The summed E-state index contributed by atoms with van der Waals surface area (Å²) in [4.78, 5) is 5.13. The lowest BCUT2D eigenvalue weighted by atomic mass is 10.1. The minimum atomic E-state index is -3.48. The number of para-hydroxylation sites is 2. The standard InChI is InChI=1S/C25H33N3O5S/c1-31-24-10-6-5-9-23(24)27-17-15-26(16-18-27)19-21-20-32-25(33-21)11-13-28(14-12-25)34(29,30)22-7-3-2-4-8-22/h2-10,21H,11-20H2,1H3. The first-order chi connectivity index (χ1) is 16.5. The van der Waals surface area contributed by atoms with Crippen LogP contribution in [0.25, 0.3) is 0 Å². The minimum absolute atomic E-state index is 0.00934. The Morgan fingerprint density at radius 2 is 1.62 bits per heavy atom. The van der Waals surface area contributed by atoms with Crippen molar-refractivity contribution in [1.29, 1.82) is 0 Å². The summed E-state index contributed by atoms with van der Waals surface area (Å²) in [6.45, 7) is 5.97. The van der Waals surface area contributed by atoms with Crippen LogP contribution in [-0.2, 0) is 19.5 Å². The number of rotatable bonds is 6. The average molecular weight is 488 g/mol. The summed E-state index contributed by atoms with van der Waals surface area (Å²) in [5.41, 5.74) is 1.14. The van der Waals surface area contributed by atoms with Gasteiger partial charge in [-0.25, -0.2) is 8.42 Å². The van der Waals surface area contributed by atoms with Gasteiger partial charge < -0.3 is 19.1 Å². The van der Waals surface area contributed by atoms with Crippen LogP contribution in [0, 0.1) is 0 Å². The number of hydrogen-bond acceptors (Lipinski definition) is 7. The van der Waals surface area contributed by atoms with Crippen LogP contribution in [0.4, 0.5) is 5.69 Å². The zero-order valence-corrected chi connectivity index (χ0v) is 20.5. The van der Waals surface area contributed by atoms with Gasteiger partial charge in [-0.2, -0.15) is 4.31 Å². The number of hydrogen-bond donors (Lipinski definition) is 0. The molecule has 1 spiro atoms. The molecule has 5 rings (SSSR count). The molecule has 3 saturated heterocycles. The second kappa shape index (κ2) is 9.83. The monoisotopic (exact) mass is 487 g/mol. The molecular weight excluding hydrogens is 454 g/mol. The summed E-state index contributed by atoms with van der Waals surface area (Å²) in [6.07, 6.45) is 1.11. The summed E-state index contributed by atoms with van der Waals surface area (Å²) in [5, 5.41) is 0.